The van der Waals surface area contributed by atoms with Gasteiger partial charge in [-0.2, -0.15) is 5.10 Å². The summed E-state index contributed by atoms with van der Waals surface area (Å²) in [7, 11) is 3.63. The summed E-state index contributed by atoms with van der Waals surface area (Å²) in [6, 6.07) is 4.02. The largest absolute Gasteiger partial charge is 0.365 e. The molecule has 8 heteroatoms. The monoisotopic (exact) mass is 376 g/mol. The average molecular weight is 376 g/mol. The van der Waals surface area contributed by atoms with Crippen LogP contribution < -0.4 is 15.5 Å². The lowest BCUT2D eigenvalue weighted by Crippen LogP contribution is -2.44. The summed E-state index contributed by atoms with van der Waals surface area (Å²) >= 11 is 0. The zero-order valence-corrected chi connectivity index (χ0v) is 16.2. The van der Waals surface area contributed by atoms with E-state index in [-0.39, 0.29) is 11.7 Å². The summed E-state index contributed by atoms with van der Waals surface area (Å²) < 4.78 is 29.9. The highest BCUT2D eigenvalue weighted by molar-refractivity contribution is 5.80. The van der Waals surface area contributed by atoms with Gasteiger partial charge < -0.3 is 15.5 Å². The number of benzene rings is 1. The van der Waals surface area contributed by atoms with Crippen molar-refractivity contribution in [2.45, 2.75) is 32.9 Å². The fourth-order valence-corrected chi connectivity index (χ4v) is 3.51. The topological polar surface area (TPSA) is 57.5 Å². The Kier molecular flexibility index (Phi) is 5.62. The van der Waals surface area contributed by atoms with Crippen LogP contribution in [-0.4, -0.2) is 41.9 Å². The maximum atomic E-state index is 14.0. The highest BCUT2D eigenvalue weighted by atomic mass is 19.1. The molecule has 1 unspecified atom stereocenters. The molecule has 2 aromatic rings. The number of rotatable bonds is 4. The van der Waals surface area contributed by atoms with Crippen LogP contribution in [0.3, 0.4) is 0 Å². The number of nitrogens with one attached hydrogen (secondary N) is 2. The number of para-hydroxylation sites is 1. The van der Waals surface area contributed by atoms with Crippen LogP contribution in [0.25, 0.3) is 0 Å². The minimum atomic E-state index is -0.527. The van der Waals surface area contributed by atoms with E-state index in [4.69, 9.17) is 0 Å². The number of aromatic nitrogens is 2. The lowest BCUT2D eigenvalue weighted by Gasteiger charge is -2.21. The van der Waals surface area contributed by atoms with Gasteiger partial charge >= 0.3 is 0 Å². The van der Waals surface area contributed by atoms with Crippen LogP contribution in [0, 0.1) is 25.5 Å². The fraction of sp³-hybridized carbons (Fsp3) is 0.474. The molecule has 1 aliphatic rings. The maximum absolute atomic E-state index is 14.0. The molecule has 0 radical (unpaired) electrons. The second-order valence-electron chi connectivity index (χ2n) is 6.84. The van der Waals surface area contributed by atoms with Crippen molar-refractivity contribution in [2.75, 3.05) is 25.0 Å². The second kappa shape index (κ2) is 7.94. The highest BCUT2D eigenvalue weighted by Crippen LogP contribution is 2.26. The Balaban J connectivity index is 1.60. The van der Waals surface area contributed by atoms with Crippen LogP contribution >= 0.6 is 0 Å². The van der Waals surface area contributed by atoms with Crippen molar-refractivity contribution in [3.63, 3.8) is 0 Å². The summed E-state index contributed by atoms with van der Waals surface area (Å²) in [5, 5.41) is 11.1. The number of anilines is 1. The molecule has 27 heavy (non-hydrogen) atoms. The van der Waals surface area contributed by atoms with Gasteiger partial charge in [-0.15, -0.1) is 0 Å². The number of nitrogens with zero attached hydrogens (tertiary/aromatic N) is 4. The third kappa shape index (κ3) is 4.04. The van der Waals surface area contributed by atoms with E-state index in [0.717, 1.165) is 23.4 Å². The Bertz CT molecular complexity index is 825. The molecule has 3 rings (SSSR count). The molecular formula is C19H26F2N6. The first-order valence-electron chi connectivity index (χ1n) is 9.06. The van der Waals surface area contributed by atoms with Gasteiger partial charge in [0, 0.05) is 51.0 Å². The molecule has 0 bridgehead atoms. The predicted molar refractivity (Wildman–Crippen MR) is 103 cm³/mol. The Morgan fingerprint density at radius 1 is 1.30 bits per heavy atom. The van der Waals surface area contributed by atoms with E-state index < -0.39 is 11.6 Å². The van der Waals surface area contributed by atoms with Crippen LogP contribution in [-0.2, 0) is 13.6 Å². The van der Waals surface area contributed by atoms with Gasteiger partial charge in [0.2, 0.25) is 0 Å². The lowest BCUT2D eigenvalue weighted by molar-refractivity contribution is 0.576. The SMILES string of the molecule is CN=C(NCc1c(C)nn(C)c1C)NC1CCN(c2c(F)cccc2F)C1. The lowest BCUT2D eigenvalue weighted by atomic mass is 10.2. The maximum Gasteiger partial charge on any atom is 0.191 e. The molecule has 0 aliphatic carbocycles. The molecule has 0 spiro atoms. The third-order valence-corrected chi connectivity index (χ3v) is 5.10. The molecule has 2 N–H and O–H groups in total. The van der Waals surface area contributed by atoms with E-state index in [1.165, 1.54) is 18.2 Å². The minimum absolute atomic E-state index is 0.0476. The summed E-state index contributed by atoms with van der Waals surface area (Å²) in [5.41, 5.74) is 3.28. The van der Waals surface area contributed by atoms with Gasteiger partial charge in [0.05, 0.1) is 5.69 Å². The Labute approximate surface area is 158 Å². The molecule has 1 aromatic carbocycles. The zero-order valence-electron chi connectivity index (χ0n) is 16.2. The standard InChI is InChI=1S/C19H26F2N6/c1-12-15(13(2)26(4)25-12)10-23-19(22-3)24-14-8-9-27(11-14)18-16(20)6-5-7-17(18)21/h5-7,14H,8-11H2,1-4H3,(H2,22,23,24). The first kappa shape index (κ1) is 19.1. The molecule has 6 nitrogen and oxygen atoms in total. The zero-order chi connectivity index (χ0) is 19.6. The van der Waals surface area contributed by atoms with E-state index in [2.05, 4.69) is 20.7 Å². The molecule has 0 amide bonds. The Morgan fingerprint density at radius 2 is 2.00 bits per heavy atom. The van der Waals surface area contributed by atoms with Gasteiger partial charge in [0.25, 0.3) is 0 Å². The molecule has 1 saturated heterocycles. The summed E-state index contributed by atoms with van der Waals surface area (Å²) in [4.78, 5) is 6.01. The molecule has 146 valence electrons. The van der Waals surface area contributed by atoms with Crippen molar-refractivity contribution in [3.05, 3.63) is 46.8 Å². The quantitative estimate of drug-likeness (QED) is 0.635. The van der Waals surface area contributed by atoms with Gasteiger partial charge in [-0.05, 0) is 32.4 Å². The average Bonchev–Trinajstić information content (AvgIpc) is 3.17. The van der Waals surface area contributed by atoms with Crippen molar-refractivity contribution in [1.29, 1.82) is 0 Å². The molecule has 1 fully saturated rings. The first-order valence-corrected chi connectivity index (χ1v) is 9.06. The summed E-state index contributed by atoms with van der Waals surface area (Å²) in [5.74, 6) is -0.389. The van der Waals surface area contributed by atoms with Gasteiger partial charge in [-0.3, -0.25) is 9.67 Å². The molecule has 2 heterocycles. The molecule has 0 saturated carbocycles. The van der Waals surface area contributed by atoms with Gasteiger partial charge in [-0.25, -0.2) is 8.78 Å². The number of hydrogen-bond acceptors (Lipinski definition) is 3. The summed E-state index contributed by atoms with van der Waals surface area (Å²) in [6.45, 7) is 5.74. The number of aliphatic imine (C=N–C) groups is 1. The van der Waals surface area contributed by atoms with Crippen LogP contribution in [0.1, 0.15) is 23.4 Å². The minimum Gasteiger partial charge on any atom is -0.365 e. The second-order valence-corrected chi connectivity index (χ2v) is 6.84. The van der Waals surface area contributed by atoms with Crippen molar-refractivity contribution in [1.82, 2.24) is 20.4 Å². The van der Waals surface area contributed by atoms with E-state index >= 15 is 0 Å². The normalized spacial score (nSPS) is 17.5. The Hall–Kier alpha value is -2.64. The van der Waals surface area contributed by atoms with E-state index in [0.29, 0.717) is 25.6 Å². The van der Waals surface area contributed by atoms with Crippen LogP contribution in [0.2, 0.25) is 0 Å². The number of halogens is 2. The number of hydrogen-bond donors (Lipinski definition) is 2. The van der Waals surface area contributed by atoms with Gasteiger partial charge in [-0.1, -0.05) is 6.07 Å². The molecule has 1 aromatic heterocycles. The van der Waals surface area contributed by atoms with Crippen LogP contribution in [0.4, 0.5) is 14.5 Å². The van der Waals surface area contributed by atoms with Crippen molar-refractivity contribution in [2.24, 2.45) is 12.0 Å². The number of guanidine groups is 1. The van der Waals surface area contributed by atoms with Crippen molar-refractivity contribution in [3.8, 4) is 0 Å². The molecule has 1 atom stereocenters. The van der Waals surface area contributed by atoms with Crippen LogP contribution in [0.15, 0.2) is 23.2 Å². The van der Waals surface area contributed by atoms with Crippen molar-refractivity contribution >= 4 is 11.6 Å². The Morgan fingerprint density at radius 3 is 2.59 bits per heavy atom. The predicted octanol–water partition coefficient (Wildman–Crippen LogP) is 2.26. The van der Waals surface area contributed by atoms with Gasteiger partial charge in [0.15, 0.2) is 5.96 Å². The van der Waals surface area contributed by atoms with E-state index in [1.807, 2.05) is 25.6 Å². The number of aryl methyl sites for hydroxylation is 2. The third-order valence-electron chi connectivity index (χ3n) is 5.10. The first-order chi connectivity index (χ1) is 12.9. The van der Waals surface area contributed by atoms with E-state index in [1.54, 1.807) is 11.9 Å². The highest BCUT2D eigenvalue weighted by Gasteiger charge is 2.27. The summed E-state index contributed by atoms with van der Waals surface area (Å²) in [6.07, 6.45) is 0.777. The molecular weight excluding hydrogens is 350 g/mol. The molecule has 1 aliphatic heterocycles. The van der Waals surface area contributed by atoms with E-state index in [9.17, 15) is 8.78 Å². The smallest absolute Gasteiger partial charge is 0.191 e. The fourth-order valence-electron chi connectivity index (χ4n) is 3.51. The van der Waals surface area contributed by atoms with Crippen molar-refractivity contribution < 1.29 is 8.78 Å². The van der Waals surface area contributed by atoms with Gasteiger partial charge in [0.1, 0.15) is 17.3 Å². The van der Waals surface area contributed by atoms with Crippen LogP contribution in [0.5, 0.6) is 0 Å².